The van der Waals surface area contributed by atoms with E-state index >= 15 is 0 Å². The highest BCUT2D eigenvalue weighted by Gasteiger charge is 2.26. The van der Waals surface area contributed by atoms with Gasteiger partial charge in [0, 0.05) is 0 Å². The van der Waals surface area contributed by atoms with Gasteiger partial charge in [-0.2, -0.15) is 0 Å². The molecule has 0 spiro atoms. The van der Waals surface area contributed by atoms with E-state index in [2.05, 4.69) is 24.3 Å². The standard InChI is InChI=1S/C19H30N2O3/c22-13-12-20-8-10-21(11-9-20)14-17(23)15-24-19-7-3-5-16-4-1-2-6-18(16)19/h1-2,4,6,17,19,22-23H,3,5,7-15H2/p+2/t17-,19-/m1/s1. The minimum Gasteiger partial charge on any atom is -0.391 e. The molecule has 0 amide bonds. The topological polar surface area (TPSA) is 58.6 Å². The molecule has 1 heterocycles. The van der Waals surface area contributed by atoms with Crippen molar-refractivity contribution < 1.29 is 24.7 Å². The first-order chi connectivity index (χ1) is 11.8. The SMILES string of the molecule is OCC[NH+]1CC[NH+](C[C@@H](O)CO[C@@H]2CCCc3ccccc32)CC1. The summed E-state index contributed by atoms with van der Waals surface area (Å²) in [6.07, 6.45) is 3.11. The normalized spacial score (nSPS) is 28.3. The van der Waals surface area contributed by atoms with Crippen molar-refractivity contribution >= 4 is 0 Å². The Balaban J connectivity index is 1.41. The number of benzene rings is 1. The van der Waals surface area contributed by atoms with Crippen LogP contribution in [0.4, 0.5) is 0 Å². The number of hydrogen-bond acceptors (Lipinski definition) is 3. The molecule has 134 valence electrons. The number of aliphatic hydroxyl groups excluding tert-OH is 2. The number of aryl methyl sites for hydroxylation is 1. The quantitative estimate of drug-likeness (QED) is 0.476. The maximum absolute atomic E-state index is 10.4. The van der Waals surface area contributed by atoms with Gasteiger partial charge in [0.1, 0.15) is 45.4 Å². The lowest BCUT2D eigenvalue weighted by Gasteiger charge is -2.31. The maximum atomic E-state index is 10.4. The number of quaternary nitrogens is 2. The van der Waals surface area contributed by atoms with Gasteiger partial charge in [-0.1, -0.05) is 24.3 Å². The van der Waals surface area contributed by atoms with E-state index < -0.39 is 6.10 Å². The first-order valence-electron chi connectivity index (χ1n) is 9.41. The third-order valence-corrected chi connectivity index (χ3v) is 5.46. The van der Waals surface area contributed by atoms with Gasteiger partial charge in [-0.15, -0.1) is 0 Å². The molecule has 5 nitrogen and oxygen atoms in total. The molecule has 2 aliphatic rings. The number of nitrogens with one attached hydrogen (secondary N) is 2. The van der Waals surface area contributed by atoms with Crippen molar-refractivity contribution in [1.82, 2.24) is 0 Å². The molecule has 0 aromatic heterocycles. The first kappa shape index (κ1) is 17.8. The number of aliphatic hydroxyl groups is 2. The van der Waals surface area contributed by atoms with Gasteiger partial charge < -0.3 is 24.7 Å². The van der Waals surface area contributed by atoms with Crippen molar-refractivity contribution in [1.29, 1.82) is 0 Å². The van der Waals surface area contributed by atoms with Crippen LogP contribution in [0.25, 0.3) is 0 Å². The van der Waals surface area contributed by atoms with Crippen LogP contribution in [0.15, 0.2) is 24.3 Å². The van der Waals surface area contributed by atoms with Crippen LogP contribution in [0.1, 0.15) is 30.1 Å². The molecule has 0 radical (unpaired) electrons. The minimum atomic E-state index is -0.395. The lowest BCUT2D eigenvalue weighted by molar-refractivity contribution is -1.01. The molecule has 3 rings (SSSR count). The lowest BCUT2D eigenvalue weighted by atomic mass is 9.89. The molecule has 4 N–H and O–H groups in total. The van der Waals surface area contributed by atoms with E-state index in [1.54, 1.807) is 0 Å². The highest BCUT2D eigenvalue weighted by atomic mass is 16.5. The predicted molar refractivity (Wildman–Crippen MR) is 92.3 cm³/mol. The van der Waals surface area contributed by atoms with E-state index in [1.807, 2.05) is 0 Å². The lowest BCUT2D eigenvalue weighted by Crippen LogP contribution is -3.28. The predicted octanol–water partition coefficient (Wildman–Crippen LogP) is -1.78. The van der Waals surface area contributed by atoms with Gasteiger partial charge in [0.15, 0.2) is 0 Å². The number of fused-ring (bicyclic) bond motifs is 1. The van der Waals surface area contributed by atoms with Crippen molar-refractivity contribution in [2.75, 3.05) is 52.5 Å². The second-order valence-electron chi connectivity index (χ2n) is 7.24. The number of piperazine rings is 1. The molecule has 0 bridgehead atoms. The summed E-state index contributed by atoms with van der Waals surface area (Å²) in [4.78, 5) is 2.93. The van der Waals surface area contributed by atoms with Gasteiger partial charge in [-0.3, -0.25) is 0 Å². The third kappa shape index (κ3) is 4.77. The minimum absolute atomic E-state index is 0.144. The largest absolute Gasteiger partial charge is 0.391 e. The van der Waals surface area contributed by atoms with E-state index in [-0.39, 0.29) is 12.7 Å². The monoisotopic (exact) mass is 336 g/mol. The van der Waals surface area contributed by atoms with Crippen molar-refractivity contribution in [2.24, 2.45) is 0 Å². The number of ether oxygens (including phenoxy) is 1. The van der Waals surface area contributed by atoms with Crippen molar-refractivity contribution in [3.8, 4) is 0 Å². The molecular weight excluding hydrogens is 304 g/mol. The van der Waals surface area contributed by atoms with Crippen molar-refractivity contribution in [2.45, 2.75) is 31.5 Å². The van der Waals surface area contributed by atoms with Crippen molar-refractivity contribution in [3.05, 3.63) is 35.4 Å². The van der Waals surface area contributed by atoms with Crippen LogP contribution in [0, 0.1) is 0 Å². The Morgan fingerprint density at radius 3 is 2.67 bits per heavy atom. The molecule has 1 saturated heterocycles. The summed E-state index contributed by atoms with van der Waals surface area (Å²) in [5.74, 6) is 0. The molecule has 1 aliphatic heterocycles. The summed E-state index contributed by atoms with van der Waals surface area (Å²) in [6.45, 7) is 6.61. The van der Waals surface area contributed by atoms with E-state index in [0.717, 1.165) is 52.1 Å². The molecule has 0 unspecified atom stereocenters. The van der Waals surface area contributed by atoms with E-state index in [9.17, 15) is 5.11 Å². The van der Waals surface area contributed by atoms with Gasteiger partial charge in [0.2, 0.25) is 0 Å². The van der Waals surface area contributed by atoms with Gasteiger partial charge in [0.25, 0.3) is 0 Å². The van der Waals surface area contributed by atoms with Crippen LogP contribution >= 0.6 is 0 Å². The second-order valence-corrected chi connectivity index (χ2v) is 7.24. The zero-order chi connectivity index (χ0) is 16.8. The van der Waals surface area contributed by atoms with Crippen LogP contribution in [0.3, 0.4) is 0 Å². The summed E-state index contributed by atoms with van der Waals surface area (Å²) < 4.78 is 6.07. The van der Waals surface area contributed by atoms with Crippen LogP contribution in [0.5, 0.6) is 0 Å². The maximum Gasteiger partial charge on any atom is 0.127 e. The fourth-order valence-corrected chi connectivity index (χ4v) is 4.07. The van der Waals surface area contributed by atoms with Crippen LogP contribution in [-0.4, -0.2) is 68.8 Å². The Bertz CT molecular complexity index is 503. The molecule has 1 aliphatic carbocycles. The highest BCUT2D eigenvalue weighted by molar-refractivity contribution is 5.31. The molecular formula is C19H32N2O3+2. The fraction of sp³-hybridized carbons (Fsp3) is 0.684. The Kier molecular flexibility index (Phi) is 6.63. The van der Waals surface area contributed by atoms with Crippen LogP contribution in [0.2, 0.25) is 0 Å². The molecule has 1 aromatic carbocycles. The number of rotatable bonds is 7. The second kappa shape index (κ2) is 8.92. The van der Waals surface area contributed by atoms with Crippen LogP contribution < -0.4 is 9.80 Å². The summed E-state index contributed by atoms with van der Waals surface area (Å²) in [6, 6.07) is 8.53. The number of hydrogen-bond donors (Lipinski definition) is 4. The molecule has 1 fully saturated rings. The van der Waals surface area contributed by atoms with E-state index in [1.165, 1.54) is 27.3 Å². The van der Waals surface area contributed by atoms with Crippen molar-refractivity contribution in [3.63, 3.8) is 0 Å². The molecule has 0 saturated carbocycles. The van der Waals surface area contributed by atoms with Gasteiger partial charge >= 0.3 is 0 Å². The summed E-state index contributed by atoms with van der Waals surface area (Å²) in [5, 5.41) is 19.4. The Morgan fingerprint density at radius 2 is 1.88 bits per heavy atom. The Morgan fingerprint density at radius 1 is 1.12 bits per heavy atom. The van der Waals surface area contributed by atoms with E-state index in [0.29, 0.717) is 6.61 Å². The Labute approximate surface area is 144 Å². The summed E-state index contributed by atoms with van der Waals surface area (Å²) >= 11 is 0. The molecule has 24 heavy (non-hydrogen) atoms. The molecule has 5 heteroatoms. The summed E-state index contributed by atoms with van der Waals surface area (Å²) in [5.41, 5.74) is 2.71. The van der Waals surface area contributed by atoms with E-state index in [4.69, 9.17) is 9.84 Å². The average molecular weight is 336 g/mol. The molecule has 1 aromatic rings. The van der Waals surface area contributed by atoms with Gasteiger partial charge in [-0.05, 0) is 30.4 Å². The van der Waals surface area contributed by atoms with Crippen LogP contribution in [-0.2, 0) is 11.2 Å². The zero-order valence-electron chi connectivity index (χ0n) is 14.5. The highest BCUT2D eigenvalue weighted by Crippen LogP contribution is 2.32. The van der Waals surface area contributed by atoms with Gasteiger partial charge in [0.05, 0.1) is 19.3 Å². The Hall–Kier alpha value is -0.980. The summed E-state index contributed by atoms with van der Waals surface area (Å²) in [7, 11) is 0. The first-order valence-corrected chi connectivity index (χ1v) is 9.41. The fourth-order valence-electron chi connectivity index (χ4n) is 4.07. The average Bonchev–Trinajstić information content (AvgIpc) is 2.62. The smallest absolute Gasteiger partial charge is 0.127 e. The third-order valence-electron chi connectivity index (χ3n) is 5.46. The molecule has 2 atom stereocenters. The van der Waals surface area contributed by atoms with Gasteiger partial charge in [-0.25, -0.2) is 0 Å². The zero-order valence-corrected chi connectivity index (χ0v) is 14.5.